The summed E-state index contributed by atoms with van der Waals surface area (Å²) >= 11 is 0. The Hall–Kier alpha value is -2.13. The van der Waals surface area contributed by atoms with E-state index in [4.69, 9.17) is 9.47 Å². The lowest BCUT2D eigenvalue weighted by Crippen LogP contribution is -2.42. The molecule has 1 aliphatic heterocycles. The fraction of sp³-hybridized carbons (Fsp3) is 0.235. The average molecular weight is 268 g/mol. The summed E-state index contributed by atoms with van der Waals surface area (Å²) in [6, 6.07) is 16.9. The predicted molar refractivity (Wildman–Crippen MR) is 75.8 cm³/mol. The van der Waals surface area contributed by atoms with Crippen LogP contribution in [-0.4, -0.2) is 12.4 Å². The number of ether oxygens (including phenoxy) is 2. The maximum Gasteiger partial charge on any atom is 0.244 e. The number of carbonyl (C=O) groups excluding carboxylic acids is 1. The molecule has 0 aromatic heterocycles. The molecule has 0 bridgehead atoms. The molecule has 102 valence electrons. The SMILES string of the molecule is CCOC1(c2ccccc2)CC(=O)c2ccccc2O1. The van der Waals surface area contributed by atoms with Crippen LogP contribution in [0, 0.1) is 0 Å². The Bertz CT molecular complexity index is 621. The maximum absolute atomic E-state index is 12.4. The van der Waals surface area contributed by atoms with Gasteiger partial charge in [0.15, 0.2) is 5.78 Å². The van der Waals surface area contributed by atoms with E-state index in [-0.39, 0.29) is 12.2 Å². The molecule has 20 heavy (non-hydrogen) atoms. The number of para-hydroxylation sites is 1. The van der Waals surface area contributed by atoms with Crippen LogP contribution >= 0.6 is 0 Å². The molecule has 1 unspecified atom stereocenters. The van der Waals surface area contributed by atoms with Crippen molar-refractivity contribution < 1.29 is 14.3 Å². The van der Waals surface area contributed by atoms with Crippen LogP contribution in [0.1, 0.15) is 29.3 Å². The first-order valence-corrected chi connectivity index (χ1v) is 6.76. The molecule has 0 amide bonds. The topological polar surface area (TPSA) is 35.5 Å². The van der Waals surface area contributed by atoms with Gasteiger partial charge in [0.2, 0.25) is 5.79 Å². The summed E-state index contributed by atoms with van der Waals surface area (Å²) in [5.74, 6) is -0.383. The monoisotopic (exact) mass is 268 g/mol. The molecule has 0 aliphatic carbocycles. The highest BCUT2D eigenvalue weighted by atomic mass is 16.7. The van der Waals surface area contributed by atoms with Gasteiger partial charge in [0.25, 0.3) is 0 Å². The second kappa shape index (κ2) is 5.10. The van der Waals surface area contributed by atoms with E-state index in [1.54, 1.807) is 6.07 Å². The lowest BCUT2D eigenvalue weighted by Gasteiger charge is -2.37. The standard InChI is InChI=1S/C17H16O3/c1-2-19-17(13-8-4-3-5-9-13)12-15(18)14-10-6-7-11-16(14)20-17/h3-11H,2,12H2,1H3. The molecule has 0 radical (unpaired) electrons. The molecule has 0 saturated heterocycles. The molecule has 1 heterocycles. The van der Waals surface area contributed by atoms with Gasteiger partial charge in [-0.25, -0.2) is 0 Å². The first-order chi connectivity index (χ1) is 9.75. The van der Waals surface area contributed by atoms with Crippen molar-refractivity contribution in [2.75, 3.05) is 6.61 Å². The summed E-state index contributed by atoms with van der Waals surface area (Å²) in [6.07, 6.45) is 0.196. The van der Waals surface area contributed by atoms with Gasteiger partial charge in [-0.2, -0.15) is 0 Å². The highest BCUT2D eigenvalue weighted by molar-refractivity contribution is 6.00. The Kier molecular flexibility index (Phi) is 3.28. The summed E-state index contributed by atoms with van der Waals surface area (Å²) in [6.45, 7) is 2.38. The van der Waals surface area contributed by atoms with Crippen LogP contribution in [0.25, 0.3) is 0 Å². The minimum Gasteiger partial charge on any atom is -0.457 e. The Morgan fingerprint density at radius 1 is 1.10 bits per heavy atom. The Balaban J connectivity index is 2.08. The van der Waals surface area contributed by atoms with E-state index in [0.29, 0.717) is 17.9 Å². The zero-order valence-electron chi connectivity index (χ0n) is 11.3. The Labute approximate surface area is 118 Å². The lowest BCUT2D eigenvalue weighted by atomic mass is 9.93. The third kappa shape index (κ3) is 2.10. The summed E-state index contributed by atoms with van der Waals surface area (Å²) in [5.41, 5.74) is 1.49. The van der Waals surface area contributed by atoms with E-state index >= 15 is 0 Å². The summed E-state index contributed by atoms with van der Waals surface area (Å²) in [4.78, 5) is 12.4. The van der Waals surface area contributed by atoms with Crippen LogP contribution in [0.3, 0.4) is 0 Å². The van der Waals surface area contributed by atoms with E-state index in [0.717, 1.165) is 5.56 Å². The molecule has 1 aliphatic rings. The van der Waals surface area contributed by atoms with E-state index in [1.807, 2.05) is 55.5 Å². The molecule has 3 heteroatoms. The smallest absolute Gasteiger partial charge is 0.244 e. The average Bonchev–Trinajstić information content (AvgIpc) is 2.48. The zero-order valence-corrected chi connectivity index (χ0v) is 11.3. The first-order valence-electron chi connectivity index (χ1n) is 6.76. The molecular weight excluding hydrogens is 252 g/mol. The zero-order chi connectivity index (χ0) is 14.0. The number of Topliss-reactive ketones (excluding diaryl/α,β-unsaturated/α-hetero) is 1. The van der Waals surface area contributed by atoms with E-state index in [9.17, 15) is 4.79 Å². The second-order valence-electron chi connectivity index (χ2n) is 4.75. The van der Waals surface area contributed by atoms with Crippen LogP contribution in [0.5, 0.6) is 5.75 Å². The van der Waals surface area contributed by atoms with E-state index in [1.165, 1.54) is 0 Å². The number of ketones is 1. The normalized spacial score (nSPS) is 21.1. The fourth-order valence-corrected chi connectivity index (χ4v) is 2.56. The Morgan fingerprint density at radius 3 is 2.55 bits per heavy atom. The van der Waals surface area contributed by atoms with Crippen LogP contribution in [0.15, 0.2) is 54.6 Å². The Morgan fingerprint density at radius 2 is 1.80 bits per heavy atom. The van der Waals surface area contributed by atoms with Crippen molar-refractivity contribution >= 4 is 5.78 Å². The van der Waals surface area contributed by atoms with Crippen LogP contribution in [0.4, 0.5) is 0 Å². The highest BCUT2D eigenvalue weighted by Gasteiger charge is 2.42. The quantitative estimate of drug-likeness (QED) is 0.854. The number of rotatable bonds is 3. The first kappa shape index (κ1) is 12.9. The maximum atomic E-state index is 12.4. The number of hydrogen-bond donors (Lipinski definition) is 0. The number of carbonyl (C=O) groups is 1. The van der Waals surface area contributed by atoms with Crippen LogP contribution in [0.2, 0.25) is 0 Å². The second-order valence-corrected chi connectivity index (χ2v) is 4.75. The van der Waals surface area contributed by atoms with Gasteiger partial charge >= 0.3 is 0 Å². The summed E-state index contributed by atoms with van der Waals surface area (Å²) in [5, 5.41) is 0. The van der Waals surface area contributed by atoms with Gasteiger partial charge in [-0.3, -0.25) is 4.79 Å². The molecule has 0 spiro atoms. The summed E-state index contributed by atoms with van der Waals surface area (Å²) < 4.78 is 11.9. The molecule has 1 atom stereocenters. The van der Waals surface area contributed by atoms with Crippen molar-refractivity contribution in [1.82, 2.24) is 0 Å². The van der Waals surface area contributed by atoms with Gasteiger partial charge in [-0.15, -0.1) is 0 Å². The van der Waals surface area contributed by atoms with Crippen molar-refractivity contribution in [2.24, 2.45) is 0 Å². The number of fused-ring (bicyclic) bond motifs is 1. The molecule has 2 aromatic rings. The van der Waals surface area contributed by atoms with Crippen molar-refractivity contribution in [3.63, 3.8) is 0 Å². The molecule has 0 N–H and O–H groups in total. The fourth-order valence-electron chi connectivity index (χ4n) is 2.56. The minimum atomic E-state index is -1.01. The minimum absolute atomic E-state index is 0.0455. The van der Waals surface area contributed by atoms with E-state index in [2.05, 4.69) is 0 Å². The molecular formula is C17H16O3. The lowest BCUT2D eigenvalue weighted by molar-refractivity contribution is -0.189. The van der Waals surface area contributed by atoms with Crippen LogP contribution < -0.4 is 4.74 Å². The number of hydrogen-bond acceptors (Lipinski definition) is 3. The third-order valence-corrected chi connectivity index (χ3v) is 3.45. The van der Waals surface area contributed by atoms with Gasteiger partial charge < -0.3 is 9.47 Å². The van der Waals surface area contributed by atoms with Crippen molar-refractivity contribution in [2.45, 2.75) is 19.1 Å². The number of benzene rings is 2. The van der Waals surface area contributed by atoms with Gasteiger partial charge in [-0.05, 0) is 19.1 Å². The van der Waals surface area contributed by atoms with Crippen molar-refractivity contribution in [1.29, 1.82) is 0 Å². The van der Waals surface area contributed by atoms with Gasteiger partial charge in [0.1, 0.15) is 5.75 Å². The highest BCUT2D eigenvalue weighted by Crippen LogP contribution is 2.40. The molecule has 3 rings (SSSR count). The molecule has 2 aromatic carbocycles. The van der Waals surface area contributed by atoms with Gasteiger partial charge in [0.05, 0.1) is 12.0 Å². The molecule has 3 nitrogen and oxygen atoms in total. The largest absolute Gasteiger partial charge is 0.457 e. The molecule has 0 saturated carbocycles. The molecule has 0 fully saturated rings. The van der Waals surface area contributed by atoms with Gasteiger partial charge in [-0.1, -0.05) is 42.5 Å². The predicted octanol–water partition coefficient (Wildman–Crippen LogP) is 3.54. The van der Waals surface area contributed by atoms with Crippen molar-refractivity contribution in [3.05, 3.63) is 65.7 Å². The van der Waals surface area contributed by atoms with Gasteiger partial charge in [0, 0.05) is 12.2 Å². The van der Waals surface area contributed by atoms with E-state index < -0.39 is 5.79 Å². The summed E-state index contributed by atoms with van der Waals surface area (Å²) in [7, 11) is 0. The van der Waals surface area contributed by atoms with Crippen molar-refractivity contribution in [3.8, 4) is 5.75 Å². The third-order valence-electron chi connectivity index (χ3n) is 3.45. The van der Waals surface area contributed by atoms with Crippen LogP contribution in [-0.2, 0) is 10.5 Å².